The Balaban J connectivity index is 2.20. The zero-order valence-corrected chi connectivity index (χ0v) is 12.9. The largest absolute Gasteiger partial charge is 0.354 e. The van der Waals surface area contributed by atoms with Gasteiger partial charge in [-0.15, -0.1) is 5.10 Å². The first kappa shape index (κ1) is 16.4. The van der Waals surface area contributed by atoms with Crippen molar-refractivity contribution in [2.24, 2.45) is 11.8 Å². The molecule has 1 amide bonds. The van der Waals surface area contributed by atoms with Crippen LogP contribution < -0.4 is 5.32 Å². The number of amides is 1. The van der Waals surface area contributed by atoms with Crippen molar-refractivity contribution in [2.45, 2.75) is 13.8 Å². The van der Waals surface area contributed by atoms with Crippen LogP contribution in [-0.2, 0) is 4.79 Å². The Morgan fingerprint density at radius 1 is 1.39 bits per heavy atom. The summed E-state index contributed by atoms with van der Waals surface area (Å²) in [7, 11) is 0. The third kappa shape index (κ3) is 4.01. The highest BCUT2D eigenvalue weighted by atomic mass is 16.2. The van der Waals surface area contributed by atoms with Crippen molar-refractivity contribution in [3.63, 3.8) is 0 Å². The third-order valence-corrected chi connectivity index (χ3v) is 3.16. The van der Waals surface area contributed by atoms with Crippen LogP contribution in [0.25, 0.3) is 5.69 Å². The van der Waals surface area contributed by atoms with E-state index in [-0.39, 0.29) is 11.5 Å². The zero-order chi connectivity index (χ0) is 16.8. The van der Waals surface area contributed by atoms with Crippen LogP contribution in [0.5, 0.6) is 0 Å². The van der Waals surface area contributed by atoms with E-state index in [0.717, 1.165) is 0 Å². The summed E-state index contributed by atoms with van der Waals surface area (Å²) in [6, 6.07) is 8.36. The Hall–Kier alpha value is -3.01. The number of benzene rings is 1. The summed E-state index contributed by atoms with van der Waals surface area (Å²) in [5, 5.41) is 19.4. The molecule has 0 fully saturated rings. The highest BCUT2D eigenvalue weighted by molar-refractivity contribution is 6.12. The lowest BCUT2D eigenvalue weighted by atomic mass is 9.97. The number of carbonyl (C=O) groups excluding carboxylic acids is 2. The topological polar surface area (TPSA) is 101 Å². The molecule has 0 unspecified atom stereocenters. The van der Waals surface area contributed by atoms with Crippen molar-refractivity contribution in [1.82, 2.24) is 20.3 Å². The summed E-state index contributed by atoms with van der Waals surface area (Å²) in [5.74, 6) is -2.23. The van der Waals surface area contributed by atoms with Gasteiger partial charge >= 0.3 is 0 Å². The number of nitrogens with one attached hydrogen (secondary N) is 1. The van der Waals surface area contributed by atoms with Gasteiger partial charge in [-0.25, -0.2) is 4.68 Å². The van der Waals surface area contributed by atoms with E-state index >= 15 is 0 Å². The van der Waals surface area contributed by atoms with Crippen LogP contribution in [0, 0.1) is 23.2 Å². The number of rotatable bonds is 6. The minimum absolute atomic E-state index is 0.240. The first-order valence-electron chi connectivity index (χ1n) is 7.21. The van der Waals surface area contributed by atoms with Gasteiger partial charge in [0.15, 0.2) is 11.7 Å². The first-order valence-corrected chi connectivity index (χ1v) is 7.21. The van der Waals surface area contributed by atoms with Crippen molar-refractivity contribution in [2.75, 3.05) is 6.54 Å². The van der Waals surface area contributed by atoms with Crippen molar-refractivity contribution in [3.05, 3.63) is 42.2 Å². The summed E-state index contributed by atoms with van der Waals surface area (Å²) in [4.78, 5) is 24.5. The van der Waals surface area contributed by atoms with Crippen LogP contribution in [0.15, 0.2) is 36.7 Å². The lowest BCUT2D eigenvalue weighted by molar-refractivity contribution is -0.122. The van der Waals surface area contributed by atoms with Crippen molar-refractivity contribution in [1.29, 1.82) is 5.26 Å². The number of nitrogens with zero attached hydrogens (tertiary/aromatic N) is 4. The maximum atomic E-state index is 12.5. The molecule has 1 N–H and O–H groups in total. The highest BCUT2D eigenvalue weighted by Gasteiger charge is 2.27. The van der Waals surface area contributed by atoms with Gasteiger partial charge in [-0.3, -0.25) is 9.59 Å². The SMILES string of the molecule is CC(C)CNC(=O)[C@H](C#N)C(=O)c1cccc(-n2ccnn2)c1. The molecule has 7 nitrogen and oxygen atoms in total. The quantitative estimate of drug-likeness (QED) is 0.641. The molecule has 1 aromatic heterocycles. The fraction of sp³-hybridized carbons (Fsp3) is 0.312. The van der Waals surface area contributed by atoms with E-state index in [0.29, 0.717) is 12.2 Å². The van der Waals surface area contributed by atoms with Gasteiger partial charge in [-0.05, 0) is 18.1 Å². The van der Waals surface area contributed by atoms with Crippen molar-refractivity contribution in [3.8, 4) is 11.8 Å². The zero-order valence-electron chi connectivity index (χ0n) is 12.9. The Morgan fingerprint density at radius 3 is 2.78 bits per heavy atom. The summed E-state index contributed by atoms with van der Waals surface area (Å²) in [6.45, 7) is 4.29. The molecular formula is C16H17N5O2. The lowest BCUT2D eigenvalue weighted by Crippen LogP contribution is -2.36. The number of Topliss-reactive ketones (excluding diaryl/α,β-unsaturated/α-hetero) is 1. The van der Waals surface area contributed by atoms with Gasteiger partial charge in [0.2, 0.25) is 5.91 Å². The van der Waals surface area contributed by atoms with Crippen LogP contribution in [0.1, 0.15) is 24.2 Å². The molecule has 0 aliphatic carbocycles. The van der Waals surface area contributed by atoms with E-state index in [9.17, 15) is 14.9 Å². The second kappa shape index (κ2) is 7.31. The molecule has 0 aliphatic heterocycles. The number of hydrogen-bond acceptors (Lipinski definition) is 5. The molecule has 7 heteroatoms. The summed E-state index contributed by atoms with van der Waals surface area (Å²) in [6.07, 6.45) is 3.16. The maximum absolute atomic E-state index is 12.5. The van der Waals surface area contributed by atoms with E-state index in [1.54, 1.807) is 36.5 Å². The monoisotopic (exact) mass is 311 g/mol. The predicted octanol–water partition coefficient (Wildman–Crippen LogP) is 1.36. The standard InChI is InChI=1S/C16H17N5O2/c1-11(2)10-18-16(23)14(9-17)15(22)12-4-3-5-13(8-12)21-7-6-19-20-21/h3-8,11,14H,10H2,1-2H3,(H,18,23)/t14-/m1/s1. The smallest absolute Gasteiger partial charge is 0.245 e. The van der Waals surface area contributed by atoms with E-state index in [1.165, 1.54) is 10.9 Å². The Labute approximate surface area is 133 Å². The van der Waals surface area contributed by atoms with Crippen LogP contribution in [0.2, 0.25) is 0 Å². The molecule has 0 aliphatic rings. The number of hydrogen-bond donors (Lipinski definition) is 1. The highest BCUT2D eigenvalue weighted by Crippen LogP contribution is 2.14. The molecule has 1 aromatic carbocycles. The fourth-order valence-electron chi connectivity index (χ4n) is 1.96. The Kier molecular flexibility index (Phi) is 5.20. The number of carbonyl (C=O) groups is 2. The number of nitriles is 1. The van der Waals surface area contributed by atoms with Gasteiger partial charge in [-0.1, -0.05) is 31.2 Å². The summed E-state index contributed by atoms with van der Waals surface area (Å²) in [5.41, 5.74) is 0.914. The molecule has 0 spiro atoms. The lowest BCUT2D eigenvalue weighted by Gasteiger charge is -2.11. The third-order valence-electron chi connectivity index (χ3n) is 3.16. The maximum Gasteiger partial charge on any atom is 0.245 e. The fourth-order valence-corrected chi connectivity index (χ4v) is 1.96. The van der Waals surface area contributed by atoms with Crippen LogP contribution in [-0.4, -0.2) is 33.2 Å². The molecule has 2 rings (SSSR count). The summed E-state index contributed by atoms with van der Waals surface area (Å²) < 4.78 is 1.50. The Bertz CT molecular complexity index is 731. The molecule has 2 aromatic rings. The molecule has 0 saturated heterocycles. The molecule has 0 radical (unpaired) electrons. The average molecular weight is 311 g/mol. The second-order valence-corrected chi connectivity index (χ2v) is 5.46. The predicted molar refractivity (Wildman–Crippen MR) is 82.6 cm³/mol. The van der Waals surface area contributed by atoms with E-state index in [1.807, 2.05) is 13.8 Å². The van der Waals surface area contributed by atoms with E-state index < -0.39 is 17.6 Å². The van der Waals surface area contributed by atoms with Gasteiger partial charge in [-0.2, -0.15) is 5.26 Å². The van der Waals surface area contributed by atoms with Gasteiger partial charge in [0, 0.05) is 12.1 Å². The Morgan fingerprint density at radius 2 is 2.17 bits per heavy atom. The molecular weight excluding hydrogens is 294 g/mol. The van der Waals surface area contributed by atoms with Crippen LogP contribution in [0.3, 0.4) is 0 Å². The van der Waals surface area contributed by atoms with E-state index in [4.69, 9.17) is 0 Å². The molecule has 0 bridgehead atoms. The molecule has 1 heterocycles. The molecule has 0 saturated carbocycles. The van der Waals surface area contributed by atoms with E-state index in [2.05, 4.69) is 15.6 Å². The second-order valence-electron chi connectivity index (χ2n) is 5.46. The number of ketones is 1. The van der Waals surface area contributed by atoms with Gasteiger partial charge in [0.05, 0.1) is 24.2 Å². The normalized spacial score (nSPS) is 11.7. The number of aromatic nitrogens is 3. The van der Waals surface area contributed by atoms with Gasteiger partial charge < -0.3 is 5.32 Å². The van der Waals surface area contributed by atoms with Gasteiger partial charge in [0.1, 0.15) is 0 Å². The van der Waals surface area contributed by atoms with Crippen molar-refractivity contribution >= 4 is 11.7 Å². The minimum Gasteiger partial charge on any atom is -0.354 e. The first-order chi connectivity index (χ1) is 11.0. The molecule has 23 heavy (non-hydrogen) atoms. The molecule has 1 atom stereocenters. The van der Waals surface area contributed by atoms with Crippen molar-refractivity contribution < 1.29 is 9.59 Å². The summed E-state index contributed by atoms with van der Waals surface area (Å²) >= 11 is 0. The van der Waals surface area contributed by atoms with Crippen LogP contribution in [0.4, 0.5) is 0 Å². The van der Waals surface area contributed by atoms with Gasteiger partial charge in [0.25, 0.3) is 0 Å². The van der Waals surface area contributed by atoms with Crippen LogP contribution >= 0.6 is 0 Å². The average Bonchev–Trinajstić information content (AvgIpc) is 3.08. The molecule has 118 valence electrons. The minimum atomic E-state index is -1.36.